The first-order valence-corrected chi connectivity index (χ1v) is 13.2. The first kappa shape index (κ1) is 37.4. The highest BCUT2D eigenvalue weighted by atomic mass is 16.5. The van der Waals surface area contributed by atoms with E-state index >= 15 is 0 Å². The predicted molar refractivity (Wildman–Crippen MR) is 150 cm³/mol. The van der Waals surface area contributed by atoms with E-state index in [9.17, 15) is 4.79 Å². The molecule has 0 amide bonds. The van der Waals surface area contributed by atoms with E-state index in [-0.39, 0.29) is 19.2 Å². The van der Waals surface area contributed by atoms with Crippen LogP contribution in [-0.4, -0.2) is 43.1 Å². The quantitative estimate of drug-likeness (QED) is 0.160. The SMILES string of the molecule is C=CCc1ccc(OC)cc1.CCC/C=C(\CC)CO.CCCCCCCCOC(C)=O.CCO. The lowest BCUT2D eigenvalue weighted by molar-refractivity contribution is -0.141. The lowest BCUT2D eigenvalue weighted by Crippen LogP contribution is -1.99. The first-order chi connectivity index (χ1) is 16.9. The van der Waals surface area contributed by atoms with Gasteiger partial charge in [-0.15, -0.1) is 6.58 Å². The largest absolute Gasteiger partial charge is 0.497 e. The molecule has 35 heavy (non-hydrogen) atoms. The van der Waals surface area contributed by atoms with Gasteiger partial charge in [0.2, 0.25) is 0 Å². The molecule has 1 rings (SSSR count). The number of carbonyl (C=O) groups excluding carboxylic acids is 1. The van der Waals surface area contributed by atoms with Gasteiger partial charge in [0, 0.05) is 13.5 Å². The molecule has 0 unspecified atom stereocenters. The maximum Gasteiger partial charge on any atom is 0.302 e. The van der Waals surface area contributed by atoms with Gasteiger partial charge < -0.3 is 19.7 Å². The van der Waals surface area contributed by atoms with Gasteiger partial charge in [-0.05, 0) is 55.9 Å². The fraction of sp³-hybridized carbons (Fsp3) is 0.633. The topological polar surface area (TPSA) is 76.0 Å². The Bertz CT molecular complexity index is 587. The van der Waals surface area contributed by atoms with Gasteiger partial charge in [0.25, 0.3) is 0 Å². The van der Waals surface area contributed by atoms with Crippen LogP contribution in [0.2, 0.25) is 0 Å². The van der Waals surface area contributed by atoms with Crippen molar-refractivity contribution in [2.45, 2.75) is 98.8 Å². The zero-order chi connectivity index (χ0) is 27.2. The molecular weight excluding hydrogens is 440 g/mol. The number of carbonyl (C=O) groups is 1. The highest BCUT2D eigenvalue weighted by molar-refractivity contribution is 5.65. The summed E-state index contributed by atoms with van der Waals surface area (Å²) in [6, 6.07) is 8.00. The normalized spacial score (nSPS) is 9.89. The number of aliphatic hydroxyl groups excluding tert-OH is 2. The van der Waals surface area contributed by atoms with Crippen LogP contribution in [0.5, 0.6) is 5.75 Å². The van der Waals surface area contributed by atoms with Crippen LogP contribution in [0.25, 0.3) is 0 Å². The van der Waals surface area contributed by atoms with Crippen molar-refractivity contribution in [2.24, 2.45) is 0 Å². The van der Waals surface area contributed by atoms with E-state index in [4.69, 9.17) is 19.7 Å². The molecule has 5 nitrogen and oxygen atoms in total. The Hall–Kier alpha value is -2.11. The standard InChI is InChI=1S/C10H20O2.C10H12O.C8H16O.C2H6O/c1-3-4-5-6-7-8-9-12-10(2)11;1-3-4-9-5-7-10(11-2)8-6-9;1-3-5-6-8(4-2)7-9;1-2-3/h3-9H2,1-2H3;3,5-8H,1,4H2,2H3;6,9H,3-5,7H2,1-2H3;3H,2H2,1H3/b;;8-6+;. The molecule has 0 saturated carbocycles. The number of hydrogen-bond donors (Lipinski definition) is 2. The molecule has 0 aliphatic rings. The summed E-state index contributed by atoms with van der Waals surface area (Å²) in [5.74, 6) is 0.737. The van der Waals surface area contributed by atoms with E-state index in [2.05, 4.69) is 33.4 Å². The van der Waals surface area contributed by atoms with Gasteiger partial charge in [-0.25, -0.2) is 0 Å². The molecule has 0 bridgehead atoms. The Morgan fingerprint density at radius 2 is 1.51 bits per heavy atom. The fourth-order valence-corrected chi connectivity index (χ4v) is 2.70. The predicted octanol–water partition coefficient (Wildman–Crippen LogP) is 7.45. The summed E-state index contributed by atoms with van der Waals surface area (Å²) in [6.45, 7) is 14.3. The van der Waals surface area contributed by atoms with Gasteiger partial charge in [-0.2, -0.15) is 0 Å². The van der Waals surface area contributed by atoms with Crippen LogP contribution < -0.4 is 4.74 Å². The van der Waals surface area contributed by atoms with Crippen LogP contribution in [0.3, 0.4) is 0 Å². The summed E-state index contributed by atoms with van der Waals surface area (Å²) in [6.07, 6.45) is 15.6. The van der Waals surface area contributed by atoms with Crippen LogP contribution >= 0.6 is 0 Å². The Balaban J connectivity index is -0.000000418. The van der Waals surface area contributed by atoms with Crippen molar-refractivity contribution in [1.82, 2.24) is 0 Å². The van der Waals surface area contributed by atoms with E-state index < -0.39 is 0 Å². The number of hydrogen-bond acceptors (Lipinski definition) is 5. The Labute approximate surface area is 216 Å². The minimum Gasteiger partial charge on any atom is -0.497 e. The van der Waals surface area contributed by atoms with Gasteiger partial charge in [0.1, 0.15) is 5.75 Å². The first-order valence-electron chi connectivity index (χ1n) is 13.2. The van der Waals surface area contributed by atoms with Crippen LogP contribution in [0, 0.1) is 0 Å². The van der Waals surface area contributed by atoms with E-state index in [0.717, 1.165) is 37.0 Å². The number of aliphatic hydroxyl groups is 2. The smallest absolute Gasteiger partial charge is 0.302 e. The van der Waals surface area contributed by atoms with Crippen LogP contribution in [0.15, 0.2) is 48.6 Å². The second kappa shape index (κ2) is 31.9. The lowest BCUT2D eigenvalue weighted by atomic mass is 10.1. The third-order valence-corrected chi connectivity index (χ3v) is 4.72. The average molecular weight is 495 g/mol. The van der Waals surface area contributed by atoms with E-state index in [0.29, 0.717) is 6.61 Å². The molecule has 0 saturated heterocycles. The fourth-order valence-electron chi connectivity index (χ4n) is 2.70. The summed E-state index contributed by atoms with van der Waals surface area (Å²) < 4.78 is 9.83. The van der Waals surface area contributed by atoms with Crippen LogP contribution in [0.1, 0.15) is 98.0 Å². The van der Waals surface area contributed by atoms with Gasteiger partial charge in [0.05, 0.1) is 20.3 Å². The molecule has 0 spiro atoms. The van der Waals surface area contributed by atoms with Gasteiger partial charge in [-0.3, -0.25) is 4.79 Å². The van der Waals surface area contributed by atoms with Crippen LogP contribution in [-0.2, 0) is 16.0 Å². The summed E-state index contributed by atoms with van der Waals surface area (Å²) in [4.78, 5) is 10.4. The molecule has 1 aromatic carbocycles. The number of unbranched alkanes of at least 4 members (excludes halogenated alkanes) is 6. The molecule has 0 aromatic heterocycles. The minimum atomic E-state index is -0.163. The summed E-state index contributed by atoms with van der Waals surface area (Å²) in [5.41, 5.74) is 2.43. The second-order valence-corrected chi connectivity index (χ2v) is 7.93. The molecule has 0 heterocycles. The van der Waals surface area contributed by atoms with Crippen LogP contribution in [0.4, 0.5) is 0 Å². The molecule has 0 fully saturated rings. The van der Waals surface area contributed by atoms with E-state index in [1.54, 1.807) is 14.0 Å². The number of rotatable bonds is 14. The number of allylic oxidation sites excluding steroid dienone is 2. The maximum absolute atomic E-state index is 10.4. The summed E-state index contributed by atoms with van der Waals surface area (Å²) in [5, 5.41) is 16.3. The van der Waals surface area contributed by atoms with Crippen molar-refractivity contribution < 1.29 is 24.5 Å². The molecule has 5 heteroatoms. The van der Waals surface area contributed by atoms with Crippen molar-refractivity contribution in [1.29, 1.82) is 0 Å². The average Bonchev–Trinajstić information content (AvgIpc) is 2.86. The number of methoxy groups -OCH3 is 1. The third kappa shape index (κ3) is 31.9. The van der Waals surface area contributed by atoms with Crippen molar-refractivity contribution in [3.63, 3.8) is 0 Å². The zero-order valence-electron chi connectivity index (χ0n) is 23.5. The van der Waals surface area contributed by atoms with Gasteiger partial charge in [-0.1, -0.05) is 83.6 Å². The number of ether oxygens (including phenoxy) is 2. The van der Waals surface area contributed by atoms with Crippen molar-refractivity contribution in [2.75, 3.05) is 26.9 Å². The summed E-state index contributed by atoms with van der Waals surface area (Å²) in [7, 11) is 1.67. The molecule has 1 aromatic rings. The third-order valence-electron chi connectivity index (χ3n) is 4.72. The Morgan fingerprint density at radius 3 is 1.94 bits per heavy atom. The summed E-state index contributed by atoms with van der Waals surface area (Å²) >= 11 is 0. The second-order valence-electron chi connectivity index (χ2n) is 7.93. The van der Waals surface area contributed by atoms with E-state index in [1.807, 2.05) is 30.3 Å². The van der Waals surface area contributed by atoms with E-state index in [1.165, 1.54) is 51.0 Å². The highest BCUT2D eigenvalue weighted by Gasteiger charge is 1.93. The highest BCUT2D eigenvalue weighted by Crippen LogP contribution is 2.11. The van der Waals surface area contributed by atoms with Crippen molar-refractivity contribution in [3.8, 4) is 5.75 Å². The molecule has 2 N–H and O–H groups in total. The molecule has 0 atom stereocenters. The van der Waals surface area contributed by atoms with Gasteiger partial charge >= 0.3 is 5.97 Å². The number of benzene rings is 1. The van der Waals surface area contributed by atoms with Crippen molar-refractivity contribution >= 4 is 5.97 Å². The lowest BCUT2D eigenvalue weighted by Gasteiger charge is -2.01. The molecule has 0 radical (unpaired) electrons. The molecule has 0 aliphatic carbocycles. The Kier molecular flexibility index (Phi) is 34.1. The number of esters is 1. The zero-order valence-corrected chi connectivity index (χ0v) is 23.5. The molecule has 0 aliphatic heterocycles. The monoisotopic (exact) mass is 494 g/mol. The van der Waals surface area contributed by atoms with Gasteiger partial charge in [0.15, 0.2) is 0 Å². The minimum absolute atomic E-state index is 0.163. The molecular formula is C30H54O5. The Morgan fingerprint density at radius 1 is 0.943 bits per heavy atom. The maximum atomic E-state index is 10.4. The molecule has 204 valence electrons. The van der Waals surface area contributed by atoms with Crippen molar-refractivity contribution in [3.05, 3.63) is 54.1 Å².